The van der Waals surface area contributed by atoms with E-state index < -0.39 is 5.97 Å². The number of amides is 2. The summed E-state index contributed by atoms with van der Waals surface area (Å²) in [5.41, 5.74) is 0. The van der Waals surface area contributed by atoms with Gasteiger partial charge in [0, 0.05) is 32.0 Å². The molecule has 5 unspecified atom stereocenters. The van der Waals surface area contributed by atoms with Crippen LogP contribution in [0.15, 0.2) is 0 Å². The molecule has 1 heterocycles. The topological polar surface area (TPSA) is 77.9 Å². The van der Waals surface area contributed by atoms with Gasteiger partial charge in [-0.05, 0) is 62.2 Å². The molecule has 4 rings (SSSR count). The maximum atomic E-state index is 13.0. The molecule has 0 aromatic rings. The molecule has 0 spiro atoms. The number of carbonyl (C=O) groups is 3. The van der Waals surface area contributed by atoms with E-state index in [-0.39, 0.29) is 24.4 Å². The van der Waals surface area contributed by atoms with E-state index in [1.165, 1.54) is 31.1 Å². The van der Waals surface area contributed by atoms with Crippen LogP contribution in [0, 0.1) is 29.6 Å². The highest BCUT2D eigenvalue weighted by Gasteiger charge is 2.67. The molecule has 6 nitrogen and oxygen atoms in total. The van der Waals surface area contributed by atoms with Crippen molar-refractivity contribution in [1.29, 1.82) is 0 Å². The van der Waals surface area contributed by atoms with Gasteiger partial charge >= 0.3 is 5.97 Å². The average Bonchev–Trinajstić information content (AvgIpc) is 3.12. The van der Waals surface area contributed by atoms with E-state index in [0.717, 1.165) is 31.2 Å². The smallest absolute Gasteiger partial charge is 0.323 e. The van der Waals surface area contributed by atoms with Crippen molar-refractivity contribution in [2.24, 2.45) is 29.6 Å². The Bertz CT molecular complexity index is 576. The number of hydrogen-bond acceptors (Lipinski definition) is 3. The highest BCUT2D eigenvalue weighted by Crippen LogP contribution is 2.69. The van der Waals surface area contributed by atoms with E-state index >= 15 is 0 Å². The number of rotatable bonds is 4. The second kappa shape index (κ2) is 6.29. The van der Waals surface area contributed by atoms with E-state index in [9.17, 15) is 14.4 Å². The Morgan fingerprint density at radius 2 is 1.72 bits per heavy atom. The first kappa shape index (κ1) is 16.9. The molecule has 2 amide bonds. The monoisotopic (exact) mass is 348 g/mol. The van der Waals surface area contributed by atoms with E-state index in [2.05, 4.69) is 0 Å². The first-order valence-electron chi connectivity index (χ1n) is 9.75. The van der Waals surface area contributed by atoms with Crippen LogP contribution in [0.1, 0.15) is 45.4 Å². The van der Waals surface area contributed by atoms with Crippen molar-refractivity contribution < 1.29 is 19.5 Å². The summed E-state index contributed by atoms with van der Waals surface area (Å²) >= 11 is 0. The molecule has 0 aromatic carbocycles. The summed E-state index contributed by atoms with van der Waals surface area (Å²) in [6.07, 6.45) is 6.30. The molecule has 4 aliphatic rings. The Hall–Kier alpha value is -1.59. The van der Waals surface area contributed by atoms with E-state index in [0.29, 0.717) is 30.7 Å². The minimum atomic E-state index is -0.978. The van der Waals surface area contributed by atoms with Gasteiger partial charge in [0.05, 0.1) is 0 Å². The number of carboxylic acid groups (broad SMARTS) is 1. The van der Waals surface area contributed by atoms with Crippen LogP contribution < -0.4 is 0 Å². The average molecular weight is 348 g/mol. The lowest BCUT2D eigenvalue weighted by Gasteiger charge is -2.29. The minimum Gasteiger partial charge on any atom is -0.480 e. The molecule has 3 aliphatic carbocycles. The second-order valence-corrected chi connectivity index (χ2v) is 8.46. The summed E-state index contributed by atoms with van der Waals surface area (Å²) in [4.78, 5) is 39.3. The van der Waals surface area contributed by atoms with Gasteiger partial charge in [0.1, 0.15) is 6.54 Å². The summed E-state index contributed by atoms with van der Waals surface area (Å²) in [5, 5.41) is 9.04. The molecule has 6 heteroatoms. The maximum Gasteiger partial charge on any atom is 0.323 e. The lowest BCUT2D eigenvalue weighted by atomic mass is 10.0. The van der Waals surface area contributed by atoms with Crippen LogP contribution in [0.5, 0.6) is 0 Å². The van der Waals surface area contributed by atoms with Crippen LogP contribution in [0.4, 0.5) is 0 Å². The SMILES string of the molecule is CC(=O)N(CC(=O)O)C1CCCN(C(=O)C2C3C4CCC(C4)C23)CC1. The van der Waals surface area contributed by atoms with Crippen LogP contribution in [0.3, 0.4) is 0 Å². The standard InChI is InChI=1S/C19H28N2O4/c1-11(22)21(10-15(23)24)14-3-2-7-20(8-6-14)19(25)18-16-12-4-5-13(9-12)17(16)18/h12-14,16-18H,2-10H2,1H3,(H,23,24). The Kier molecular flexibility index (Phi) is 4.24. The summed E-state index contributed by atoms with van der Waals surface area (Å²) in [6, 6.07) is -0.0683. The zero-order valence-electron chi connectivity index (χ0n) is 14.9. The summed E-state index contributed by atoms with van der Waals surface area (Å²) < 4.78 is 0. The van der Waals surface area contributed by atoms with Crippen molar-refractivity contribution in [3.63, 3.8) is 0 Å². The molecule has 0 radical (unpaired) electrons. The van der Waals surface area contributed by atoms with Crippen molar-refractivity contribution >= 4 is 17.8 Å². The Morgan fingerprint density at radius 1 is 1.04 bits per heavy atom. The molecule has 0 aromatic heterocycles. The molecule has 3 saturated carbocycles. The van der Waals surface area contributed by atoms with Crippen LogP contribution in [-0.4, -0.2) is 58.4 Å². The van der Waals surface area contributed by atoms with Gasteiger partial charge in [-0.1, -0.05) is 0 Å². The predicted octanol–water partition coefficient (Wildman–Crippen LogP) is 1.59. The third-order valence-corrected chi connectivity index (χ3v) is 7.18. The lowest BCUT2D eigenvalue weighted by Crippen LogP contribution is -2.43. The normalized spacial score (nSPS) is 38.8. The van der Waals surface area contributed by atoms with Crippen molar-refractivity contribution in [2.75, 3.05) is 19.6 Å². The Labute approximate surface area is 148 Å². The van der Waals surface area contributed by atoms with Gasteiger partial charge in [-0.2, -0.15) is 0 Å². The zero-order chi connectivity index (χ0) is 17.7. The van der Waals surface area contributed by atoms with E-state index in [1.807, 2.05) is 4.90 Å². The third-order valence-electron chi connectivity index (χ3n) is 7.18. The van der Waals surface area contributed by atoms with Gasteiger partial charge in [-0.15, -0.1) is 0 Å². The van der Waals surface area contributed by atoms with Crippen molar-refractivity contribution in [2.45, 2.75) is 51.5 Å². The Balaban J connectivity index is 1.36. The van der Waals surface area contributed by atoms with Gasteiger partial charge in [0.25, 0.3) is 0 Å². The number of carbonyl (C=O) groups excluding carboxylic acids is 2. The number of hydrogen-bond donors (Lipinski definition) is 1. The third kappa shape index (κ3) is 2.93. The Morgan fingerprint density at radius 3 is 2.32 bits per heavy atom. The number of carboxylic acids is 1. The van der Waals surface area contributed by atoms with Crippen LogP contribution in [0.2, 0.25) is 0 Å². The molecular weight excluding hydrogens is 320 g/mol. The molecule has 4 fully saturated rings. The van der Waals surface area contributed by atoms with Gasteiger partial charge < -0.3 is 14.9 Å². The van der Waals surface area contributed by atoms with Crippen LogP contribution in [-0.2, 0) is 14.4 Å². The van der Waals surface area contributed by atoms with Gasteiger partial charge in [0.15, 0.2) is 0 Å². The lowest BCUT2D eigenvalue weighted by molar-refractivity contribution is -0.145. The minimum absolute atomic E-state index is 0.0683. The number of aliphatic carboxylic acids is 1. The van der Waals surface area contributed by atoms with Gasteiger partial charge in [-0.3, -0.25) is 14.4 Å². The first-order valence-corrected chi connectivity index (χ1v) is 9.75. The quantitative estimate of drug-likeness (QED) is 0.837. The fraction of sp³-hybridized carbons (Fsp3) is 0.842. The molecule has 2 bridgehead atoms. The fourth-order valence-corrected chi connectivity index (χ4v) is 6.12. The second-order valence-electron chi connectivity index (χ2n) is 8.46. The predicted molar refractivity (Wildman–Crippen MR) is 90.5 cm³/mol. The summed E-state index contributed by atoms with van der Waals surface area (Å²) in [6.45, 7) is 2.58. The van der Waals surface area contributed by atoms with Crippen molar-refractivity contribution in [1.82, 2.24) is 9.80 Å². The molecule has 1 N–H and O–H groups in total. The molecular formula is C19H28N2O4. The van der Waals surface area contributed by atoms with Crippen LogP contribution in [0.25, 0.3) is 0 Å². The van der Waals surface area contributed by atoms with E-state index in [1.54, 1.807) is 0 Å². The molecule has 1 saturated heterocycles. The van der Waals surface area contributed by atoms with E-state index in [4.69, 9.17) is 5.11 Å². The number of likely N-dealkylation sites (tertiary alicyclic amines) is 1. The maximum absolute atomic E-state index is 13.0. The largest absolute Gasteiger partial charge is 0.480 e. The molecule has 1 aliphatic heterocycles. The van der Waals surface area contributed by atoms with Crippen molar-refractivity contribution in [3.05, 3.63) is 0 Å². The van der Waals surface area contributed by atoms with Crippen molar-refractivity contribution in [3.8, 4) is 0 Å². The molecule has 5 atom stereocenters. The zero-order valence-corrected chi connectivity index (χ0v) is 14.9. The highest BCUT2D eigenvalue weighted by molar-refractivity contribution is 5.83. The van der Waals surface area contributed by atoms with Crippen LogP contribution >= 0.6 is 0 Å². The number of fused-ring (bicyclic) bond motifs is 5. The summed E-state index contributed by atoms with van der Waals surface area (Å²) in [7, 11) is 0. The first-order chi connectivity index (χ1) is 12.0. The highest BCUT2D eigenvalue weighted by atomic mass is 16.4. The van der Waals surface area contributed by atoms with Gasteiger partial charge in [0.2, 0.25) is 11.8 Å². The molecule has 25 heavy (non-hydrogen) atoms. The summed E-state index contributed by atoms with van der Waals surface area (Å²) in [5.74, 6) is 2.34. The molecule has 138 valence electrons. The number of nitrogens with zero attached hydrogens (tertiary/aromatic N) is 2. The fourth-order valence-electron chi connectivity index (χ4n) is 6.12. The van der Waals surface area contributed by atoms with Gasteiger partial charge in [-0.25, -0.2) is 0 Å².